The van der Waals surface area contributed by atoms with Gasteiger partial charge in [0.05, 0.1) is 4.88 Å². The predicted octanol–water partition coefficient (Wildman–Crippen LogP) is 3.87. The molecule has 0 bridgehead atoms. The Hall–Kier alpha value is -1.87. The molecule has 10 heteroatoms. The lowest BCUT2D eigenvalue weighted by Crippen LogP contribution is -2.07. The fraction of sp³-hybridized carbons (Fsp3) is 0.182. The van der Waals surface area contributed by atoms with E-state index in [1.807, 2.05) is 5.38 Å². The molecule has 5 nitrogen and oxygen atoms in total. The third-order valence-corrected chi connectivity index (χ3v) is 3.85. The van der Waals surface area contributed by atoms with E-state index < -0.39 is 16.9 Å². The maximum Gasteiger partial charge on any atom is 0.436 e. The molecule has 3 rings (SSSR count). The zero-order valence-electron chi connectivity index (χ0n) is 10.3. The Balaban J connectivity index is 2.08. The molecule has 0 N–H and O–H groups in total. The second-order valence-corrected chi connectivity index (χ2v) is 5.36. The van der Waals surface area contributed by atoms with E-state index in [0.717, 1.165) is 9.56 Å². The summed E-state index contributed by atoms with van der Waals surface area (Å²) in [4.78, 5) is 4.80. The summed E-state index contributed by atoms with van der Waals surface area (Å²) in [5, 5.41) is 8.36. The van der Waals surface area contributed by atoms with Crippen molar-refractivity contribution in [3.8, 4) is 22.3 Å². The van der Waals surface area contributed by atoms with Crippen LogP contribution in [0.25, 0.3) is 22.3 Å². The van der Waals surface area contributed by atoms with Crippen molar-refractivity contribution in [1.82, 2.24) is 19.9 Å². The van der Waals surface area contributed by atoms with E-state index in [2.05, 4.69) is 15.2 Å². The quantitative estimate of drug-likeness (QED) is 0.714. The number of hydrogen-bond acceptors (Lipinski definition) is 5. The van der Waals surface area contributed by atoms with Crippen molar-refractivity contribution in [2.45, 2.75) is 6.18 Å². The SMILES string of the molecule is Cn1nc(C(F)(F)F)c(Cl)c1-c1nc(-c2cccs2)no1. The zero-order chi connectivity index (χ0) is 15.2. The van der Waals surface area contributed by atoms with Crippen LogP contribution in [0.2, 0.25) is 5.02 Å². The molecule has 0 aliphatic rings. The lowest BCUT2D eigenvalue weighted by molar-refractivity contribution is -0.141. The average Bonchev–Trinajstić information content (AvgIpc) is 3.07. The molecule has 0 aliphatic heterocycles. The molecule has 110 valence electrons. The number of aryl methyl sites for hydroxylation is 1. The molecular formula is C11H6ClF3N4OS. The normalized spacial score (nSPS) is 12.0. The largest absolute Gasteiger partial charge is 0.436 e. The predicted molar refractivity (Wildman–Crippen MR) is 69.8 cm³/mol. The van der Waals surface area contributed by atoms with Gasteiger partial charge in [0.25, 0.3) is 5.89 Å². The van der Waals surface area contributed by atoms with Gasteiger partial charge in [-0.2, -0.15) is 23.3 Å². The molecule has 0 saturated carbocycles. The van der Waals surface area contributed by atoms with Crippen LogP contribution in [0.5, 0.6) is 0 Å². The van der Waals surface area contributed by atoms with Crippen LogP contribution in [0.1, 0.15) is 5.69 Å². The molecule has 0 amide bonds. The topological polar surface area (TPSA) is 56.7 Å². The van der Waals surface area contributed by atoms with Crippen molar-refractivity contribution < 1.29 is 17.7 Å². The summed E-state index contributed by atoms with van der Waals surface area (Å²) in [6, 6.07) is 3.57. The maximum absolute atomic E-state index is 12.8. The summed E-state index contributed by atoms with van der Waals surface area (Å²) in [6.07, 6.45) is -4.65. The van der Waals surface area contributed by atoms with E-state index in [0.29, 0.717) is 0 Å². The van der Waals surface area contributed by atoms with E-state index in [1.165, 1.54) is 18.4 Å². The van der Waals surface area contributed by atoms with Crippen molar-refractivity contribution in [1.29, 1.82) is 0 Å². The van der Waals surface area contributed by atoms with Crippen LogP contribution in [0.4, 0.5) is 13.2 Å². The van der Waals surface area contributed by atoms with E-state index in [-0.39, 0.29) is 17.4 Å². The number of rotatable bonds is 2. The van der Waals surface area contributed by atoms with Crippen molar-refractivity contribution in [2.75, 3.05) is 0 Å². The molecule has 0 radical (unpaired) electrons. The molecule has 0 aromatic carbocycles. The van der Waals surface area contributed by atoms with Crippen LogP contribution in [0, 0.1) is 0 Å². The monoisotopic (exact) mass is 334 g/mol. The van der Waals surface area contributed by atoms with Crippen LogP contribution in [-0.2, 0) is 13.2 Å². The van der Waals surface area contributed by atoms with Crippen LogP contribution < -0.4 is 0 Å². The first kappa shape index (κ1) is 14.1. The minimum atomic E-state index is -4.65. The van der Waals surface area contributed by atoms with Gasteiger partial charge in [0.15, 0.2) is 5.69 Å². The second kappa shape index (κ2) is 4.85. The standard InChI is InChI=1S/C11H6ClF3N4OS/c1-19-7(6(12)8(17-19)11(13,14)15)10-16-9(18-20-10)5-3-2-4-21-5/h2-4H,1H3. The molecule has 0 atom stereocenters. The summed E-state index contributed by atoms with van der Waals surface area (Å²) in [6.45, 7) is 0. The molecule has 0 unspecified atom stereocenters. The van der Waals surface area contributed by atoms with Crippen molar-refractivity contribution >= 4 is 22.9 Å². The van der Waals surface area contributed by atoms with Crippen molar-refractivity contribution in [3.05, 3.63) is 28.2 Å². The number of halogens is 4. The Morgan fingerprint density at radius 2 is 2.14 bits per heavy atom. The summed E-state index contributed by atoms with van der Waals surface area (Å²) in [7, 11) is 1.32. The molecule has 0 aliphatic carbocycles. The molecule has 0 saturated heterocycles. The Morgan fingerprint density at radius 3 is 2.71 bits per heavy atom. The van der Waals surface area contributed by atoms with E-state index in [1.54, 1.807) is 12.1 Å². The van der Waals surface area contributed by atoms with E-state index in [4.69, 9.17) is 16.1 Å². The Bertz CT molecular complexity index is 778. The first-order chi connectivity index (χ1) is 9.88. The van der Waals surface area contributed by atoms with E-state index in [9.17, 15) is 13.2 Å². The van der Waals surface area contributed by atoms with Crippen molar-refractivity contribution in [2.24, 2.45) is 7.05 Å². The zero-order valence-corrected chi connectivity index (χ0v) is 11.9. The minimum Gasteiger partial charge on any atom is -0.332 e. The van der Waals surface area contributed by atoms with Gasteiger partial charge < -0.3 is 4.52 Å². The van der Waals surface area contributed by atoms with Crippen LogP contribution >= 0.6 is 22.9 Å². The molecule has 3 heterocycles. The van der Waals surface area contributed by atoms with Gasteiger partial charge in [0.2, 0.25) is 5.82 Å². The summed E-state index contributed by atoms with van der Waals surface area (Å²) in [5.74, 6) is 0.166. The molecule has 3 aromatic heterocycles. The highest BCUT2D eigenvalue weighted by Gasteiger charge is 2.39. The Kier molecular flexibility index (Phi) is 3.25. The van der Waals surface area contributed by atoms with Crippen LogP contribution in [-0.4, -0.2) is 19.9 Å². The smallest absolute Gasteiger partial charge is 0.332 e. The lowest BCUT2D eigenvalue weighted by atomic mass is 10.3. The van der Waals surface area contributed by atoms with Crippen LogP contribution in [0.15, 0.2) is 22.0 Å². The molecule has 21 heavy (non-hydrogen) atoms. The Labute approximate surface area is 125 Å². The lowest BCUT2D eigenvalue weighted by Gasteiger charge is -2.00. The first-order valence-corrected chi connectivity index (χ1v) is 6.81. The Morgan fingerprint density at radius 1 is 1.38 bits per heavy atom. The molecule has 3 aromatic rings. The minimum absolute atomic E-state index is 0.0701. The number of alkyl halides is 3. The summed E-state index contributed by atoms with van der Waals surface area (Å²) >= 11 is 7.14. The molecule has 0 fully saturated rings. The summed E-state index contributed by atoms with van der Waals surface area (Å²) in [5.41, 5.74) is -1.25. The highest BCUT2D eigenvalue weighted by Crippen LogP contribution is 2.39. The number of aromatic nitrogens is 4. The van der Waals surface area contributed by atoms with Gasteiger partial charge in [-0.1, -0.05) is 22.8 Å². The van der Waals surface area contributed by atoms with E-state index >= 15 is 0 Å². The number of hydrogen-bond donors (Lipinski definition) is 0. The third-order valence-electron chi connectivity index (χ3n) is 2.63. The van der Waals surface area contributed by atoms with Gasteiger partial charge in [0, 0.05) is 7.05 Å². The van der Waals surface area contributed by atoms with Crippen LogP contribution in [0.3, 0.4) is 0 Å². The van der Waals surface area contributed by atoms with Gasteiger partial charge in [-0.3, -0.25) is 4.68 Å². The van der Waals surface area contributed by atoms with Gasteiger partial charge in [-0.25, -0.2) is 0 Å². The maximum atomic E-state index is 12.8. The third kappa shape index (κ3) is 2.42. The first-order valence-electron chi connectivity index (χ1n) is 5.55. The molecule has 0 spiro atoms. The fourth-order valence-electron chi connectivity index (χ4n) is 1.74. The number of nitrogens with zero attached hydrogens (tertiary/aromatic N) is 4. The van der Waals surface area contributed by atoms with Gasteiger partial charge >= 0.3 is 6.18 Å². The highest BCUT2D eigenvalue weighted by atomic mass is 35.5. The van der Waals surface area contributed by atoms with Gasteiger partial charge in [-0.05, 0) is 11.4 Å². The highest BCUT2D eigenvalue weighted by molar-refractivity contribution is 7.13. The second-order valence-electron chi connectivity index (χ2n) is 4.03. The summed E-state index contributed by atoms with van der Waals surface area (Å²) < 4.78 is 44.2. The number of thiophene rings is 1. The van der Waals surface area contributed by atoms with Gasteiger partial charge in [-0.15, -0.1) is 11.3 Å². The average molecular weight is 335 g/mol. The fourth-order valence-corrected chi connectivity index (χ4v) is 2.73. The molecular weight excluding hydrogens is 329 g/mol. The van der Waals surface area contributed by atoms with Gasteiger partial charge in [0.1, 0.15) is 10.7 Å². The van der Waals surface area contributed by atoms with Crippen molar-refractivity contribution in [3.63, 3.8) is 0 Å².